The van der Waals surface area contributed by atoms with Crippen LogP contribution >= 0.6 is 11.3 Å². The molecule has 29 heavy (non-hydrogen) atoms. The predicted octanol–water partition coefficient (Wildman–Crippen LogP) is 4.06. The quantitative estimate of drug-likeness (QED) is 0.638. The third kappa shape index (κ3) is 3.50. The van der Waals surface area contributed by atoms with Crippen molar-refractivity contribution in [2.45, 2.75) is 31.5 Å². The van der Waals surface area contributed by atoms with Crippen LogP contribution in [0.4, 0.5) is 0 Å². The van der Waals surface area contributed by atoms with Crippen molar-refractivity contribution in [3.63, 3.8) is 0 Å². The van der Waals surface area contributed by atoms with Crippen LogP contribution in [0.1, 0.15) is 23.3 Å². The normalized spacial score (nSPS) is 17.9. The van der Waals surface area contributed by atoms with Crippen LogP contribution in [0, 0.1) is 0 Å². The fourth-order valence-corrected chi connectivity index (χ4v) is 5.30. The SMILES string of the molecule is CN(C)CCn1ncc2c1-c1ccccc1OC21CCN(Cc2cccs2)CC1. The second kappa shape index (κ2) is 7.59. The Balaban J connectivity index is 1.44. The summed E-state index contributed by atoms with van der Waals surface area (Å²) in [6.07, 6.45) is 4.06. The van der Waals surface area contributed by atoms with Crippen molar-refractivity contribution >= 4 is 11.3 Å². The minimum Gasteiger partial charge on any atom is -0.482 e. The molecule has 6 heteroatoms. The van der Waals surface area contributed by atoms with Crippen LogP contribution in [0.2, 0.25) is 0 Å². The molecule has 2 aliphatic heterocycles. The van der Waals surface area contributed by atoms with Crippen molar-refractivity contribution in [1.29, 1.82) is 0 Å². The van der Waals surface area contributed by atoms with E-state index in [0.717, 1.165) is 51.3 Å². The molecule has 1 saturated heterocycles. The number of thiophene rings is 1. The molecule has 0 unspecified atom stereocenters. The number of aromatic nitrogens is 2. The third-order valence-electron chi connectivity index (χ3n) is 6.16. The molecule has 0 aliphatic carbocycles. The van der Waals surface area contributed by atoms with E-state index in [1.54, 1.807) is 0 Å². The first-order valence-electron chi connectivity index (χ1n) is 10.4. The Morgan fingerprint density at radius 2 is 1.97 bits per heavy atom. The molecule has 2 aliphatic rings. The Bertz CT molecular complexity index is 971. The topological polar surface area (TPSA) is 33.5 Å². The standard InChI is InChI=1S/C23H28N4OS/c1-25(2)13-14-27-22-19-7-3-4-8-21(19)28-23(20(22)16-24-27)9-11-26(12-10-23)17-18-6-5-15-29-18/h3-8,15-16H,9-14,17H2,1-2H3. The summed E-state index contributed by atoms with van der Waals surface area (Å²) in [6.45, 7) is 4.99. The Hall–Kier alpha value is -2.15. The van der Waals surface area contributed by atoms with Crippen molar-refractivity contribution in [3.8, 4) is 17.0 Å². The van der Waals surface area contributed by atoms with E-state index in [4.69, 9.17) is 9.84 Å². The Kier molecular flexibility index (Phi) is 4.94. The Labute approximate surface area is 176 Å². The molecule has 5 nitrogen and oxygen atoms in total. The molecule has 1 spiro atoms. The van der Waals surface area contributed by atoms with Crippen LogP contribution in [0.25, 0.3) is 11.3 Å². The van der Waals surface area contributed by atoms with Gasteiger partial charge in [-0.3, -0.25) is 9.58 Å². The summed E-state index contributed by atoms with van der Waals surface area (Å²) in [5.74, 6) is 0.998. The van der Waals surface area contributed by atoms with Crippen molar-refractivity contribution in [3.05, 3.63) is 58.4 Å². The molecular weight excluding hydrogens is 380 g/mol. The van der Waals surface area contributed by atoms with E-state index >= 15 is 0 Å². The molecule has 2 aromatic heterocycles. The zero-order valence-electron chi connectivity index (χ0n) is 17.2. The molecule has 1 fully saturated rings. The van der Waals surface area contributed by atoms with Crippen LogP contribution in [0.15, 0.2) is 48.0 Å². The van der Waals surface area contributed by atoms with E-state index < -0.39 is 0 Å². The van der Waals surface area contributed by atoms with Gasteiger partial charge in [0.1, 0.15) is 11.4 Å². The largest absolute Gasteiger partial charge is 0.482 e. The monoisotopic (exact) mass is 408 g/mol. The fraction of sp³-hybridized carbons (Fsp3) is 0.435. The molecule has 3 aromatic rings. The summed E-state index contributed by atoms with van der Waals surface area (Å²) in [6, 6.07) is 12.8. The van der Waals surface area contributed by atoms with Gasteiger partial charge >= 0.3 is 0 Å². The van der Waals surface area contributed by atoms with Crippen molar-refractivity contribution in [1.82, 2.24) is 19.6 Å². The highest BCUT2D eigenvalue weighted by atomic mass is 32.1. The highest BCUT2D eigenvalue weighted by Crippen LogP contribution is 2.49. The number of ether oxygens (including phenoxy) is 1. The molecular formula is C23H28N4OS. The number of rotatable bonds is 5. The molecule has 0 bridgehead atoms. The molecule has 5 rings (SSSR count). The second-order valence-electron chi connectivity index (χ2n) is 8.38. The van der Waals surface area contributed by atoms with Crippen LogP contribution in [-0.2, 0) is 18.7 Å². The number of likely N-dealkylation sites (tertiary alicyclic amines) is 1. The van der Waals surface area contributed by atoms with E-state index in [2.05, 4.69) is 76.6 Å². The first-order valence-corrected chi connectivity index (χ1v) is 11.3. The summed E-state index contributed by atoms with van der Waals surface area (Å²) < 4.78 is 8.90. The first-order chi connectivity index (χ1) is 14.1. The fourth-order valence-electron chi connectivity index (χ4n) is 4.55. The van der Waals surface area contributed by atoms with Crippen LogP contribution in [0.3, 0.4) is 0 Å². The zero-order valence-corrected chi connectivity index (χ0v) is 18.0. The Morgan fingerprint density at radius 1 is 1.14 bits per heavy atom. The maximum atomic E-state index is 6.72. The summed E-state index contributed by atoms with van der Waals surface area (Å²) >= 11 is 1.84. The lowest BCUT2D eigenvalue weighted by molar-refractivity contribution is -0.00672. The lowest BCUT2D eigenvalue weighted by atomic mass is 9.81. The summed E-state index contributed by atoms with van der Waals surface area (Å²) in [7, 11) is 4.22. The van der Waals surface area contributed by atoms with Gasteiger partial charge in [0.25, 0.3) is 0 Å². The van der Waals surface area contributed by atoms with Gasteiger partial charge in [-0.15, -0.1) is 11.3 Å². The van der Waals surface area contributed by atoms with Gasteiger partial charge in [-0.1, -0.05) is 18.2 Å². The summed E-state index contributed by atoms with van der Waals surface area (Å²) in [5, 5.41) is 6.96. The zero-order chi connectivity index (χ0) is 19.8. The number of hydrogen-bond donors (Lipinski definition) is 0. The molecule has 1 aromatic carbocycles. The van der Waals surface area contributed by atoms with Gasteiger partial charge < -0.3 is 9.64 Å². The number of likely N-dealkylation sites (N-methyl/N-ethyl adjacent to an activating group) is 1. The molecule has 0 amide bonds. The van der Waals surface area contributed by atoms with Crippen molar-refractivity contribution in [2.75, 3.05) is 33.7 Å². The molecule has 0 atom stereocenters. The summed E-state index contributed by atoms with van der Waals surface area (Å²) in [4.78, 5) is 6.20. The number of para-hydroxylation sites is 1. The third-order valence-corrected chi connectivity index (χ3v) is 7.02. The lowest BCUT2D eigenvalue weighted by Crippen LogP contribution is -2.47. The van der Waals surface area contributed by atoms with Crippen LogP contribution < -0.4 is 4.74 Å². The number of benzene rings is 1. The van der Waals surface area contributed by atoms with Crippen LogP contribution in [-0.4, -0.2) is 53.3 Å². The first kappa shape index (κ1) is 18.9. The second-order valence-corrected chi connectivity index (χ2v) is 9.41. The summed E-state index contributed by atoms with van der Waals surface area (Å²) in [5.41, 5.74) is 3.43. The molecule has 0 saturated carbocycles. The average molecular weight is 409 g/mol. The average Bonchev–Trinajstić information content (AvgIpc) is 3.39. The smallest absolute Gasteiger partial charge is 0.140 e. The van der Waals surface area contributed by atoms with Crippen molar-refractivity contribution < 1.29 is 4.74 Å². The molecule has 0 N–H and O–H groups in total. The van der Waals surface area contributed by atoms with Crippen LogP contribution in [0.5, 0.6) is 5.75 Å². The minimum absolute atomic E-state index is 0.258. The van der Waals surface area contributed by atoms with E-state index in [9.17, 15) is 0 Å². The van der Waals surface area contributed by atoms with Gasteiger partial charge in [0.05, 0.1) is 18.4 Å². The van der Waals surface area contributed by atoms with E-state index in [1.807, 2.05) is 11.3 Å². The van der Waals surface area contributed by atoms with Gasteiger partial charge in [-0.25, -0.2) is 0 Å². The maximum absolute atomic E-state index is 6.72. The Morgan fingerprint density at radius 3 is 2.72 bits per heavy atom. The number of hydrogen-bond acceptors (Lipinski definition) is 5. The minimum atomic E-state index is -0.258. The highest BCUT2D eigenvalue weighted by molar-refractivity contribution is 7.09. The molecule has 0 radical (unpaired) electrons. The lowest BCUT2D eigenvalue weighted by Gasteiger charge is -2.44. The van der Waals surface area contributed by atoms with Gasteiger partial charge in [0.15, 0.2) is 0 Å². The highest BCUT2D eigenvalue weighted by Gasteiger charge is 2.45. The van der Waals surface area contributed by atoms with Crippen molar-refractivity contribution in [2.24, 2.45) is 0 Å². The number of piperidine rings is 1. The van der Waals surface area contributed by atoms with E-state index in [1.165, 1.54) is 21.7 Å². The van der Waals surface area contributed by atoms with Gasteiger partial charge in [0.2, 0.25) is 0 Å². The number of nitrogens with zero attached hydrogens (tertiary/aromatic N) is 4. The van der Waals surface area contributed by atoms with E-state index in [0.29, 0.717) is 0 Å². The van der Waals surface area contributed by atoms with Gasteiger partial charge in [-0.05, 0) is 37.7 Å². The van der Waals surface area contributed by atoms with Gasteiger partial charge in [0, 0.05) is 55.0 Å². The predicted molar refractivity (Wildman–Crippen MR) is 117 cm³/mol. The molecule has 4 heterocycles. The van der Waals surface area contributed by atoms with E-state index in [-0.39, 0.29) is 5.60 Å². The molecule has 152 valence electrons. The number of fused-ring (bicyclic) bond motifs is 4. The maximum Gasteiger partial charge on any atom is 0.140 e. The van der Waals surface area contributed by atoms with Gasteiger partial charge in [-0.2, -0.15) is 5.10 Å².